The van der Waals surface area contributed by atoms with Gasteiger partial charge in [-0.2, -0.15) is 0 Å². The van der Waals surface area contributed by atoms with E-state index < -0.39 is 0 Å². The monoisotopic (exact) mass is 208 g/mol. The average molecular weight is 208 g/mol. The fraction of sp³-hybridized carbons (Fsp3) is 0.750. The van der Waals surface area contributed by atoms with Crippen molar-refractivity contribution < 1.29 is 4.42 Å². The van der Waals surface area contributed by atoms with Crippen LogP contribution in [-0.2, 0) is 6.54 Å². The van der Waals surface area contributed by atoms with Gasteiger partial charge in [0.15, 0.2) is 6.39 Å². The maximum Gasteiger partial charge on any atom is 0.180 e. The van der Waals surface area contributed by atoms with E-state index in [1.54, 1.807) is 6.20 Å². The molecule has 0 saturated heterocycles. The van der Waals surface area contributed by atoms with Gasteiger partial charge in [0.2, 0.25) is 0 Å². The molecule has 3 heteroatoms. The number of oxazole rings is 1. The largest absolute Gasteiger partial charge is 0.447 e. The van der Waals surface area contributed by atoms with E-state index in [2.05, 4.69) is 17.2 Å². The van der Waals surface area contributed by atoms with Crippen LogP contribution in [0.15, 0.2) is 17.0 Å². The van der Waals surface area contributed by atoms with Crippen molar-refractivity contribution in [3.8, 4) is 0 Å². The fourth-order valence-electron chi connectivity index (χ4n) is 2.39. The number of aromatic nitrogens is 1. The number of hydrogen-bond acceptors (Lipinski definition) is 3. The molecular formula is C12H20N2O. The second-order valence-electron chi connectivity index (χ2n) is 4.54. The minimum atomic E-state index is 0.593. The molecule has 3 nitrogen and oxygen atoms in total. The van der Waals surface area contributed by atoms with Crippen LogP contribution in [0, 0.1) is 5.92 Å². The van der Waals surface area contributed by atoms with E-state index in [0.717, 1.165) is 18.2 Å². The summed E-state index contributed by atoms with van der Waals surface area (Å²) in [6, 6.07) is 0.593. The van der Waals surface area contributed by atoms with Gasteiger partial charge in [-0.1, -0.05) is 19.3 Å². The third-order valence-corrected chi connectivity index (χ3v) is 3.44. The zero-order valence-electron chi connectivity index (χ0n) is 9.41. The minimum absolute atomic E-state index is 0.593. The van der Waals surface area contributed by atoms with Crippen LogP contribution in [-0.4, -0.2) is 11.0 Å². The number of rotatable bonds is 4. The van der Waals surface area contributed by atoms with Gasteiger partial charge in [0.1, 0.15) is 5.76 Å². The zero-order valence-corrected chi connectivity index (χ0v) is 9.41. The number of hydrogen-bond donors (Lipinski definition) is 1. The molecule has 0 aliphatic heterocycles. The molecule has 1 aromatic rings. The van der Waals surface area contributed by atoms with Crippen molar-refractivity contribution in [2.45, 2.75) is 51.6 Å². The van der Waals surface area contributed by atoms with Crippen LogP contribution in [0.2, 0.25) is 0 Å². The molecule has 1 atom stereocenters. The fourth-order valence-corrected chi connectivity index (χ4v) is 2.39. The maximum atomic E-state index is 5.20. The van der Waals surface area contributed by atoms with Crippen molar-refractivity contribution in [2.24, 2.45) is 5.92 Å². The minimum Gasteiger partial charge on any atom is -0.447 e. The SMILES string of the molecule is C[C@@H](NCc1cnco1)C1CCCCC1. The van der Waals surface area contributed by atoms with Crippen molar-refractivity contribution in [3.63, 3.8) is 0 Å². The Morgan fingerprint density at radius 2 is 2.27 bits per heavy atom. The molecule has 1 aliphatic rings. The Labute approximate surface area is 91.3 Å². The van der Waals surface area contributed by atoms with Gasteiger partial charge in [-0.15, -0.1) is 0 Å². The highest BCUT2D eigenvalue weighted by Gasteiger charge is 2.19. The highest BCUT2D eigenvalue weighted by Crippen LogP contribution is 2.26. The van der Waals surface area contributed by atoms with Crippen molar-refractivity contribution in [2.75, 3.05) is 0 Å². The molecule has 1 aliphatic carbocycles. The summed E-state index contributed by atoms with van der Waals surface area (Å²) in [5, 5.41) is 3.52. The van der Waals surface area contributed by atoms with E-state index >= 15 is 0 Å². The maximum absolute atomic E-state index is 5.20. The Hall–Kier alpha value is -0.830. The molecule has 0 radical (unpaired) electrons. The first-order chi connectivity index (χ1) is 7.36. The number of nitrogens with one attached hydrogen (secondary N) is 1. The highest BCUT2D eigenvalue weighted by atomic mass is 16.3. The van der Waals surface area contributed by atoms with Crippen molar-refractivity contribution in [1.82, 2.24) is 10.3 Å². The molecule has 2 rings (SSSR count). The predicted molar refractivity (Wildman–Crippen MR) is 59.4 cm³/mol. The Bertz CT molecular complexity index is 265. The Balaban J connectivity index is 1.74. The van der Waals surface area contributed by atoms with Crippen LogP contribution >= 0.6 is 0 Å². The standard InChI is InChI=1S/C12H20N2O/c1-10(11-5-3-2-4-6-11)14-8-12-7-13-9-15-12/h7,9-11,14H,2-6,8H2,1H3/t10-/m1/s1. The second-order valence-corrected chi connectivity index (χ2v) is 4.54. The van der Waals surface area contributed by atoms with E-state index in [-0.39, 0.29) is 0 Å². The van der Waals surface area contributed by atoms with Gasteiger partial charge in [-0.3, -0.25) is 0 Å². The molecule has 0 aromatic carbocycles. The lowest BCUT2D eigenvalue weighted by atomic mass is 9.84. The third kappa shape index (κ3) is 3.06. The molecule has 0 spiro atoms. The van der Waals surface area contributed by atoms with E-state index in [1.807, 2.05) is 0 Å². The first-order valence-corrected chi connectivity index (χ1v) is 5.97. The second kappa shape index (κ2) is 5.31. The first kappa shape index (κ1) is 10.7. The van der Waals surface area contributed by atoms with E-state index in [4.69, 9.17) is 4.42 Å². The van der Waals surface area contributed by atoms with Crippen LogP contribution < -0.4 is 5.32 Å². The highest BCUT2D eigenvalue weighted by molar-refractivity contribution is 4.88. The van der Waals surface area contributed by atoms with Crippen LogP contribution in [0.5, 0.6) is 0 Å². The van der Waals surface area contributed by atoms with Gasteiger partial charge >= 0.3 is 0 Å². The van der Waals surface area contributed by atoms with Crippen LogP contribution in [0.4, 0.5) is 0 Å². The Morgan fingerprint density at radius 3 is 2.93 bits per heavy atom. The summed E-state index contributed by atoms with van der Waals surface area (Å²) in [7, 11) is 0. The van der Waals surface area contributed by atoms with Gasteiger partial charge in [0.05, 0.1) is 12.7 Å². The first-order valence-electron chi connectivity index (χ1n) is 5.97. The smallest absolute Gasteiger partial charge is 0.180 e. The number of nitrogens with zero attached hydrogens (tertiary/aromatic N) is 1. The molecule has 0 unspecified atom stereocenters. The Morgan fingerprint density at radius 1 is 1.47 bits per heavy atom. The summed E-state index contributed by atoms with van der Waals surface area (Å²) in [6.45, 7) is 3.09. The molecule has 1 saturated carbocycles. The normalized spacial score (nSPS) is 20.3. The summed E-state index contributed by atoms with van der Waals surface area (Å²) in [4.78, 5) is 3.91. The topological polar surface area (TPSA) is 38.1 Å². The van der Waals surface area contributed by atoms with E-state index in [9.17, 15) is 0 Å². The summed E-state index contributed by atoms with van der Waals surface area (Å²) < 4.78 is 5.20. The van der Waals surface area contributed by atoms with E-state index in [1.165, 1.54) is 38.5 Å². The lowest BCUT2D eigenvalue weighted by Crippen LogP contribution is -2.34. The molecule has 1 fully saturated rings. The zero-order chi connectivity index (χ0) is 10.5. The summed E-state index contributed by atoms with van der Waals surface area (Å²) in [5.41, 5.74) is 0. The van der Waals surface area contributed by atoms with Crippen molar-refractivity contribution in [3.05, 3.63) is 18.4 Å². The van der Waals surface area contributed by atoms with Crippen LogP contribution in [0.25, 0.3) is 0 Å². The lowest BCUT2D eigenvalue weighted by molar-refractivity contribution is 0.275. The molecular weight excluding hydrogens is 188 g/mol. The van der Waals surface area contributed by atoms with Gasteiger partial charge in [0, 0.05) is 6.04 Å². The van der Waals surface area contributed by atoms with Gasteiger partial charge in [-0.25, -0.2) is 4.98 Å². The van der Waals surface area contributed by atoms with Gasteiger partial charge in [0.25, 0.3) is 0 Å². The van der Waals surface area contributed by atoms with Crippen molar-refractivity contribution >= 4 is 0 Å². The van der Waals surface area contributed by atoms with Crippen LogP contribution in [0.3, 0.4) is 0 Å². The summed E-state index contributed by atoms with van der Waals surface area (Å²) in [6.07, 6.45) is 10.3. The predicted octanol–water partition coefficient (Wildman–Crippen LogP) is 2.73. The quantitative estimate of drug-likeness (QED) is 0.826. The van der Waals surface area contributed by atoms with Crippen LogP contribution in [0.1, 0.15) is 44.8 Å². The third-order valence-electron chi connectivity index (χ3n) is 3.44. The average Bonchev–Trinajstić information content (AvgIpc) is 2.80. The van der Waals surface area contributed by atoms with Gasteiger partial charge in [-0.05, 0) is 25.7 Å². The molecule has 1 aromatic heterocycles. The molecule has 1 heterocycles. The summed E-state index contributed by atoms with van der Waals surface area (Å²) in [5.74, 6) is 1.78. The van der Waals surface area contributed by atoms with Gasteiger partial charge < -0.3 is 9.73 Å². The van der Waals surface area contributed by atoms with E-state index in [0.29, 0.717) is 6.04 Å². The molecule has 0 amide bonds. The molecule has 1 N–H and O–H groups in total. The molecule has 84 valence electrons. The Kier molecular flexibility index (Phi) is 3.78. The lowest BCUT2D eigenvalue weighted by Gasteiger charge is -2.28. The van der Waals surface area contributed by atoms with Crippen molar-refractivity contribution in [1.29, 1.82) is 0 Å². The molecule has 0 bridgehead atoms. The summed E-state index contributed by atoms with van der Waals surface area (Å²) >= 11 is 0. The molecule has 15 heavy (non-hydrogen) atoms.